The van der Waals surface area contributed by atoms with Gasteiger partial charge in [-0.15, -0.1) is 0 Å². The summed E-state index contributed by atoms with van der Waals surface area (Å²) in [5.41, 5.74) is 0.483. The molecule has 0 radical (unpaired) electrons. The minimum atomic E-state index is -1.70. The fourth-order valence-corrected chi connectivity index (χ4v) is 3.12. The summed E-state index contributed by atoms with van der Waals surface area (Å²) in [5.74, 6) is -2.47. The fraction of sp³-hybridized carbons (Fsp3) is 0.333. The zero-order valence-corrected chi connectivity index (χ0v) is 14.2. The van der Waals surface area contributed by atoms with Crippen molar-refractivity contribution >= 4 is 11.9 Å². The summed E-state index contributed by atoms with van der Waals surface area (Å²) in [7, 11) is 0. The van der Waals surface area contributed by atoms with E-state index in [1.54, 1.807) is 0 Å². The summed E-state index contributed by atoms with van der Waals surface area (Å²) in [4.78, 5) is 23.5. The van der Waals surface area contributed by atoms with E-state index in [-0.39, 0.29) is 12.8 Å². The maximum Gasteiger partial charge on any atom is 0.321 e. The maximum absolute atomic E-state index is 11.8. The van der Waals surface area contributed by atoms with Crippen molar-refractivity contribution in [1.29, 1.82) is 0 Å². The molecule has 0 aliphatic carbocycles. The largest absolute Gasteiger partial charge is 0.480 e. The SMILES string of the molecule is O=C(O)C(CCCc1ccccc1)(CCCc1ccccc1)C(=O)O. The molecule has 4 heteroatoms. The van der Waals surface area contributed by atoms with Crippen LogP contribution in [0, 0.1) is 5.41 Å². The lowest BCUT2D eigenvalue weighted by molar-refractivity contribution is -0.166. The predicted octanol–water partition coefficient (Wildman–Crippen LogP) is 4.19. The Morgan fingerprint density at radius 1 is 0.680 bits per heavy atom. The van der Waals surface area contributed by atoms with Gasteiger partial charge in [0.1, 0.15) is 0 Å². The molecule has 0 aliphatic rings. The highest BCUT2D eigenvalue weighted by molar-refractivity contribution is 5.98. The van der Waals surface area contributed by atoms with Gasteiger partial charge in [0.25, 0.3) is 0 Å². The molecule has 0 heterocycles. The number of hydrogen-bond acceptors (Lipinski definition) is 2. The molecule has 0 saturated heterocycles. The molecule has 0 spiro atoms. The first-order chi connectivity index (χ1) is 12.0. The second-order valence-electron chi connectivity index (χ2n) is 6.37. The molecule has 0 aromatic heterocycles. The van der Waals surface area contributed by atoms with Crippen molar-refractivity contribution in [2.24, 2.45) is 5.41 Å². The van der Waals surface area contributed by atoms with E-state index < -0.39 is 17.4 Å². The molecule has 0 fully saturated rings. The Hall–Kier alpha value is -2.62. The van der Waals surface area contributed by atoms with Gasteiger partial charge in [0.05, 0.1) is 0 Å². The smallest absolute Gasteiger partial charge is 0.321 e. The summed E-state index contributed by atoms with van der Waals surface area (Å²) in [6.45, 7) is 0. The molecule has 0 atom stereocenters. The molecule has 4 nitrogen and oxygen atoms in total. The van der Waals surface area contributed by atoms with Gasteiger partial charge in [0.2, 0.25) is 0 Å². The zero-order valence-electron chi connectivity index (χ0n) is 14.2. The average molecular weight is 340 g/mol. The van der Waals surface area contributed by atoms with Crippen LogP contribution in [0.15, 0.2) is 60.7 Å². The third-order valence-electron chi connectivity index (χ3n) is 4.64. The molecule has 0 bridgehead atoms. The number of carboxylic acids is 2. The lowest BCUT2D eigenvalue weighted by Crippen LogP contribution is -2.39. The van der Waals surface area contributed by atoms with Gasteiger partial charge in [0, 0.05) is 0 Å². The number of carbonyl (C=O) groups is 2. The van der Waals surface area contributed by atoms with Crippen molar-refractivity contribution in [1.82, 2.24) is 0 Å². The minimum absolute atomic E-state index is 0.140. The second-order valence-corrected chi connectivity index (χ2v) is 6.37. The lowest BCUT2D eigenvalue weighted by Gasteiger charge is -2.25. The Morgan fingerprint density at radius 3 is 1.36 bits per heavy atom. The topological polar surface area (TPSA) is 74.6 Å². The Morgan fingerprint density at radius 2 is 1.04 bits per heavy atom. The molecule has 2 N–H and O–H groups in total. The first-order valence-electron chi connectivity index (χ1n) is 8.59. The van der Waals surface area contributed by atoms with Crippen molar-refractivity contribution in [3.63, 3.8) is 0 Å². The molecule has 132 valence electrons. The fourth-order valence-electron chi connectivity index (χ4n) is 3.12. The van der Waals surface area contributed by atoms with Crippen molar-refractivity contribution in [2.75, 3.05) is 0 Å². The van der Waals surface area contributed by atoms with Crippen LogP contribution in [0.2, 0.25) is 0 Å². The summed E-state index contributed by atoms with van der Waals surface area (Å²) in [5, 5.41) is 19.2. The quantitative estimate of drug-likeness (QED) is 0.636. The van der Waals surface area contributed by atoms with Gasteiger partial charge in [-0.3, -0.25) is 9.59 Å². The third kappa shape index (κ3) is 5.18. The van der Waals surface area contributed by atoms with Gasteiger partial charge < -0.3 is 10.2 Å². The number of hydrogen-bond donors (Lipinski definition) is 2. The Bertz CT molecular complexity index is 618. The predicted molar refractivity (Wildman–Crippen MR) is 96.5 cm³/mol. The molecule has 25 heavy (non-hydrogen) atoms. The number of aliphatic carboxylic acids is 2. The summed E-state index contributed by atoms with van der Waals surface area (Å²) in [6.07, 6.45) is 2.72. The van der Waals surface area contributed by atoms with Gasteiger partial charge >= 0.3 is 11.9 Å². The van der Waals surface area contributed by atoms with E-state index in [1.165, 1.54) is 0 Å². The van der Waals surface area contributed by atoms with E-state index in [4.69, 9.17) is 0 Å². The van der Waals surface area contributed by atoms with Crippen LogP contribution in [0.5, 0.6) is 0 Å². The van der Waals surface area contributed by atoms with Gasteiger partial charge in [-0.2, -0.15) is 0 Å². The highest BCUT2D eigenvalue weighted by atomic mass is 16.4. The standard InChI is InChI=1S/C21H24O4/c22-19(23)21(20(24)25,15-7-13-17-9-3-1-4-10-17)16-8-14-18-11-5-2-6-12-18/h1-6,9-12H,7-8,13-16H2,(H,22,23)(H,24,25). The van der Waals surface area contributed by atoms with E-state index in [1.807, 2.05) is 60.7 Å². The van der Waals surface area contributed by atoms with E-state index >= 15 is 0 Å². The van der Waals surface area contributed by atoms with E-state index in [9.17, 15) is 19.8 Å². The molecule has 0 saturated carbocycles. The first kappa shape index (κ1) is 18.7. The average Bonchev–Trinajstić information content (AvgIpc) is 2.61. The molecule has 2 aromatic rings. The number of carboxylic acid groups (broad SMARTS) is 2. The van der Waals surface area contributed by atoms with Crippen LogP contribution < -0.4 is 0 Å². The lowest BCUT2D eigenvalue weighted by atomic mass is 9.77. The second kappa shape index (κ2) is 9.02. The Kier molecular flexibility index (Phi) is 6.75. The summed E-state index contributed by atoms with van der Waals surface area (Å²) >= 11 is 0. The van der Waals surface area contributed by atoms with Crippen molar-refractivity contribution < 1.29 is 19.8 Å². The zero-order chi connectivity index (χ0) is 18.1. The van der Waals surface area contributed by atoms with Crippen LogP contribution in [0.1, 0.15) is 36.8 Å². The van der Waals surface area contributed by atoms with Crippen molar-refractivity contribution in [2.45, 2.75) is 38.5 Å². The molecule has 2 aromatic carbocycles. The van der Waals surface area contributed by atoms with Crippen LogP contribution in [0.4, 0.5) is 0 Å². The molecule has 0 amide bonds. The van der Waals surface area contributed by atoms with Crippen molar-refractivity contribution in [3.05, 3.63) is 71.8 Å². The Labute approximate surface area is 148 Å². The summed E-state index contributed by atoms with van der Waals surface area (Å²) in [6, 6.07) is 19.4. The normalized spacial score (nSPS) is 11.2. The van der Waals surface area contributed by atoms with Crippen LogP contribution >= 0.6 is 0 Å². The summed E-state index contributed by atoms with van der Waals surface area (Å²) < 4.78 is 0. The Balaban J connectivity index is 1.97. The molecule has 0 aliphatic heterocycles. The van der Waals surface area contributed by atoms with Crippen molar-refractivity contribution in [3.8, 4) is 0 Å². The van der Waals surface area contributed by atoms with E-state index in [2.05, 4.69) is 0 Å². The number of aryl methyl sites for hydroxylation is 2. The minimum Gasteiger partial charge on any atom is -0.480 e. The highest BCUT2D eigenvalue weighted by Crippen LogP contribution is 2.32. The van der Waals surface area contributed by atoms with Crippen LogP contribution in [-0.2, 0) is 22.4 Å². The molecular weight excluding hydrogens is 316 g/mol. The van der Waals surface area contributed by atoms with Gasteiger partial charge in [-0.05, 0) is 49.7 Å². The third-order valence-corrected chi connectivity index (χ3v) is 4.64. The van der Waals surface area contributed by atoms with E-state index in [0.717, 1.165) is 11.1 Å². The monoisotopic (exact) mass is 340 g/mol. The number of rotatable bonds is 10. The molecular formula is C21H24O4. The molecule has 2 rings (SSSR count). The van der Waals surface area contributed by atoms with E-state index in [0.29, 0.717) is 25.7 Å². The first-order valence-corrected chi connectivity index (χ1v) is 8.59. The van der Waals surface area contributed by atoms with Gasteiger partial charge in [0.15, 0.2) is 5.41 Å². The number of benzene rings is 2. The maximum atomic E-state index is 11.8. The van der Waals surface area contributed by atoms with Crippen LogP contribution in [0.25, 0.3) is 0 Å². The van der Waals surface area contributed by atoms with Gasteiger partial charge in [-0.25, -0.2) is 0 Å². The van der Waals surface area contributed by atoms with Crippen LogP contribution in [-0.4, -0.2) is 22.2 Å². The van der Waals surface area contributed by atoms with Gasteiger partial charge in [-0.1, -0.05) is 60.7 Å². The van der Waals surface area contributed by atoms with Crippen LogP contribution in [0.3, 0.4) is 0 Å². The highest BCUT2D eigenvalue weighted by Gasteiger charge is 2.45. The molecule has 0 unspecified atom stereocenters.